The average Bonchev–Trinajstić information content (AvgIpc) is 1.94. The molecule has 0 atom stereocenters. The summed E-state index contributed by atoms with van der Waals surface area (Å²) in [6.45, 7) is 8.16. The van der Waals surface area contributed by atoms with Crippen LogP contribution in [0.1, 0.15) is 31.9 Å². The van der Waals surface area contributed by atoms with Crippen LogP contribution in [0.15, 0.2) is 17.0 Å². The average molecular weight is 196 g/mol. The van der Waals surface area contributed by atoms with E-state index in [-0.39, 0.29) is 5.41 Å². The van der Waals surface area contributed by atoms with E-state index in [2.05, 4.69) is 33.4 Å². The number of phenolic OH excluding ortho intramolecular Hbond substituents is 1. The first-order chi connectivity index (χ1) is 5.82. The fraction of sp³-hybridized carbons (Fsp3) is 0.455. The Balaban J connectivity index is 3.32. The SMILES string of the molecule is Cc1cc(O)c(C(C)(C)C)cc1S. The van der Waals surface area contributed by atoms with E-state index in [9.17, 15) is 5.11 Å². The zero-order valence-corrected chi connectivity index (χ0v) is 9.44. The molecule has 1 nitrogen and oxygen atoms in total. The van der Waals surface area contributed by atoms with Crippen LogP contribution in [0, 0.1) is 6.92 Å². The van der Waals surface area contributed by atoms with Gasteiger partial charge in [-0.3, -0.25) is 0 Å². The van der Waals surface area contributed by atoms with Gasteiger partial charge in [-0.15, -0.1) is 12.6 Å². The lowest BCUT2D eigenvalue weighted by Gasteiger charge is -2.21. The minimum absolute atomic E-state index is 0.0325. The van der Waals surface area contributed by atoms with Gasteiger partial charge in [0.15, 0.2) is 0 Å². The van der Waals surface area contributed by atoms with Gasteiger partial charge < -0.3 is 5.11 Å². The molecule has 0 radical (unpaired) electrons. The first-order valence-corrected chi connectivity index (χ1v) is 4.80. The number of rotatable bonds is 0. The monoisotopic (exact) mass is 196 g/mol. The lowest BCUT2D eigenvalue weighted by Crippen LogP contribution is -2.11. The van der Waals surface area contributed by atoms with E-state index in [0.29, 0.717) is 5.75 Å². The molecule has 0 aliphatic rings. The second-order valence-electron chi connectivity index (χ2n) is 4.41. The summed E-state index contributed by atoms with van der Waals surface area (Å²) in [6, 6.07) is 3.71. The third kappa shape index (κ3) is 2.19. The number of phenols is 1. The van der Waals surface area contributed by atoms with Crippen LogP contribution in [0.2, 0.25) is 0 Å². The van der Waals surface area contributed by atoms with Crippen molar-refractivity contribution in [3.8, 4) is 5.75 Å². The summed E-state index contributed by atoms with van der Waals surface area (Å²) in [5.74, 6) is 0.364. The molecule has 1 N–H and O–H groups in total. The summed E-state index contributed by atoms with van der Waals surface area (Å²) < 4.78 is 0. The molecule has 1 aromatic carbocycles. The zero-order valence-electron chi connectivity index (χ0n) is 8.55. The number of aromatic hydroxyl groups is 1. The Bertz CT molecular complexity index is 324. The van der Waals surface area contributed by atoms with E-state index in [1.165, 1.54) is 0 Å². The van der Waals surface area contributed by atoms with Crippen LogP contribution >= 0.6 is 12.6 Å². The van der Waals surface area contributed by atoms with Gasteiger partial charge in [0.05, 0.1) is 0 Å². The molecule has 0 aliphatic carbocycles. The van der Waals surface area contributed by atoms with Gasteiger partial charge in [-0.1, -0.05) is 20.8 Å². The first kappa shape index (κ1) is 10.5. The summed E-state index contributed by atoms with van der Waals surface area (Å²) in [6.07, 6.45) is 0. The number of benzene rings is 1. The van der Waals surface area contributed by atoms with E-state index in [0.717, 1.165) is 16.0 Å². The van der Waals surface area contributed by atoms with E-state index in [1.807, 2.05) is 13.0 Å². The Kier molecular flexibility index (Phi) is 2.62. The highest BCUT2D eigenvalue weighted by molar-refractivity contribution is 7.80. The van der Waals surface area contributed by atoms with Crippen LogP contribution in [-0.2, 0) is 5.41 Å². The zero-order chi connectivity index (χ0) is 10.2. The predicted molar refractivity (Wildman–Crippen MR) is 58.8 cm³/mol. The predicted octanol–water partition coefficient (Wildman–Crippen LogP) is 3.29. The maximum absolute atomic E-state index is 9.72. The number of hydrogen-bond donors (Lipinski definition) is 2. The van der Waals surface area contributed by atoms with Crippen molar-refractivity contribution in [2.45, 2.75) is 38.0 Å². The molecule has 0 heterocycles. The van der Waals surface area contributed by atoms with E-state index < -0.39 is 0 Å². The summed E-state index contributed by atoms with van der Waals surface area (Å²) >= 11 is 4.34. The molecule has 13 heavy (non-hydrogen) atoms. The van der Waals surface area contributed by atoms with Gasteiger partial charge in [0, 0.05) is 10.5 Å². The maximum Gasteiger partial charge on any atom is 0.119 e. The van der Waals surface area contributed by atoms with Crippen molar-refractivity contribution in [3.05, 3.63) is 23.3 Å². The smallest absolute Gasteiger partial charge is 0.119 e. The Morgan fingerprint density at radius 1 is 1.23 bits per heavy atom. The highest BCUT2D eigenvalue weighted by Gasteiger charge is 2.18. The molecule has 2 heteroatoms. The van der Waals surface area contributed by atoms with Gasteiger partial charge in [0.2, 0.25) is 0 Å². The van der Waals surface area contributed by atoms with Crippen molar-refractivity contribution < 1.29 is 5.11 Å². The van der Waals surface area contributed by atoms with Gasteiger partial charge in [0.25, 0.3) is 0 Å². The normalized spacial score (nSPS) is 11.8. The minimum atomic E-state index is -0.0325. The molecule has 0 spiro atoms. The van der Waals surface area contributed by atoms with Crippen molar-refractivity contribution >= 4 is 12.6 Å². The highest BCUT2D eigenvalue weighted by Crippen LogP contribution is 2.33. The molecular weight excluding hydrogens is 180 g/mol. The second kappa shape index (κ2) is 3.26. The molecule has 0 bridgehead atoms. The van der Waals surface area contributed by atoms with Crippen molar-refractivity contribution in [2.24, 2.45) is 0 Å². The Morgan fingerprint density at radius 2 is 1.77 bits per heavy atom. The van der Waals surface area contributed by atoms with Crippen molar-refractivity contribution in [2.75, 3.05) is 0 Å². The Morgan fingerprint density at radius 3 is 2.23 bits per heavy atom. The largest absolute Gasteiger partial charge is 0.508 e. The van der Waals surface area contributed by atoms with Crippen LogP contribution in [-0.4, -0.2) is 5.11 Å². The molecule has 0 saturated heterocycles. The third-order valence-corrected chi connectivity index (χ3v) is 2.60. The molecule has 0 aromatic heterocycles. The van der Waals surface area contributed by atoms with Crippen LogP contribution in [0.3, 0.4) is 0 Å². The first-order valence-electron chi connectivity index (χ1n) is 4.35. The van der Waals surface area contributed by atoms with E-state index in [4.69, 9.17) is 0 Å². The van der Waals surface area contributed by atoms with Crippen molar-refractivity contribution in [1.29, 1.82) is 0 Å². The fourth-order valence-electron chi connectivity index (χ4n) is 1.28. The molecule has 0 saturated carbocycles. The standard InChI is InChI=1S/C11H16OS/c1-7-5-9(12)8(6-10(7)13)11(2,3)4/h5-6,12-13H,1-4H3. The molecule has 72 valence electrons. The quantitative estimate of drug-likeness (QED) is 0.610. The van der Waals surface area contributed by atoms with Crippen molar-refractivity contribution in [3.63, 3.8) is 0 Å². The summed E-state index contributed by atoms with van der Waals surface area (Å²) in [7, 11) is 0. The number of thiol groups is 1. The lowest BCUT2D eigenvalue weighted by molar-refractivity contribution is 0.445. The number of hydrogen-bond acceptors (Lipinski definition) is 2. The maximum atomic E-state index is 9.72. The van der Waals surface area contributed by atoms with Crippen LogP contribution < -0.4 is 0 Å². The Hall–Kier alpha value is -0.630. The van der Waals surface area contributed by atoms with Gasteiger partial charge >= 0.3 is 0 Å². The molecule has 1 aromatic rings. The molecule has 0 fully saturated rings. The number of aryl methyl sites for hydroxylation is 1. The Labute approximate surface area is 85.2 Å². The molecular formula is C11H16OS. The van der Waals surface area contributed by atoms with E-state index in [1.54, 1.807) is 6.07 Å². The topological polar surface area (TPSA) is 20.2 Å². The van der Waals surface area contributed by atoms with Gasteiger partial charge in [-0.2, -0.15) is 0 Å². The second-order valence-corrected chi connectivity index (χ2v) is 4.89. The van der Waals surface area contributed by atoms with Gasteiger partial charge in [0.1, 0.15) is 5.75 Å². The van der Waals surface area contributed by atoms with Crippen molar-refractivity contribution in [1.82, 2.24) is 0 Å². The van der Waals surface area contributed by atoms with Crippen LogP contribution in [0.5, 0.6) is 5.75 Å². The minimum Gasteiger partial charge on any atom is -0.508 e. The summed E-state index contributed by atoms with van der Waals surface area (Å²) in [5.41, 5.74) is 1.92. The van der Waals surface area contributed by atoms with Crippen LogP contribution in [0.25, 0.3) is 0 Å². The summed E-state index contributed by atoms with van der Waals surface area (Å²) in [4.78, 5) is 0.933. The highest BCUT2D eigenvalue weighted by atomic mass is 32.1. The fourth-order valence-corrected chi connectivity index (χ4v) is 1.48. The molecule has 0 amide bonds. The molecule has 0 aliphatic heterocycles. The van der Waals surface area contributed by atoms with E-state index >= 15 is 0 Å². The lowest BCUT2D eigenvalue weighted by atomic mass is 9.86. The third-order valence-electron chi connectivity index (χ3n) is 2.12. The molecule has 0 unspecified atom stereocenters. The summed E-state index contributed by atoms with van der Waals surface area (Å²) in [5, 5.41) is 9.72. The van der Waals surface area contributed by atoms with Gasteiger partial charge in [-0.25, -0.2) is 0 Å². The van der Waals surface area contributed by atoms with Crippen LogP contribution in [0.4, 0.5) is 0 Å². The van der Waals surface area contributed by atoms with Gasteiger partial charge in [-0.05, 0) is 30.0 Å². The molecule has 1 rings (SSSR count).